The average molecular weight is 751 g/mol. The number of nitrogens with zero attached hydrogens (tertiary/aromatic N) is 3. The smallest absolute Gasteiger partial charge is 0.194 e. The van der Waals surface area contributed by atoms with Crippen LogP contribution in [0.2, 0.25) is 0 Å². The largest absolute Gasteiger partial charge is 0.390 e. The fraction of sp³-hybridized carbons (Fsp3) is 0.255. The van der Waals surface area contributed by atoms with Crippen LogP contribution >= 0.6 is 22.7 Å². The number of ketones is 2. The van der Waals surface area contributed by atoms with Crippen molar-refractivity contribution in [3.8, 4) is 18.2 Å². The number of carbonyl (C=O) groups is 2. The lowest BCUT2D eigenvalue weighted by atomic mass is 9.66. The lowest BCUT2D eigenvalue weighted by Gasteiger charge is -2.37. The van der Waals surface area contributed by atoms with E-state index >= 15 is 0 Å². The summed E-state index contributed by atoms with van der Waals surface area (Å²) in [6, 6.07) is 21.0. The van der Waals surface area contributed by atoms with Gasteiger partial charge in [0, 0.05) is 54.0 Å². The molecule has 2 aromatic carbocycles. The van der Waals surface area contributed by atoms with E-state index in [1.54, 1.807) is 6.07 Å². The Hall–Kier alpha value is -5.85. The summed E-state index contributed by atoms with van der Waals surface area (Å²) in [6.45, 7) is 0. The van der Waals surface area contributed by atoms with Crippen LogP contribution in [0, 0.1) is 34.0 Å². The van der Waals surface area contributed by atoms with Gasteiger partial charge in [0.15, 0.2) is 11.6 Å². The zero-order valence-electron chi connectivity index (χ0n) is 30.1. The zero-order valence-corrected chi connectivity index (χ0v) is 31.7. The van der Waals surface area contributed by atoms with Gasteiger partial charge in [0.25, 0.3) is 0 Å². The first-order chi connectivity index (χ1) is 26.8. The Bertz CT molecular complexity index is 2780. The molecule has 8 heteroatoms. The molecule has 2 heterocycles. The maximum absolute atomic E-state index is 14.0. The highest BCUT2D eigenvalue weighted by Gasteiger charge is 2.50. The number of benzene rings is 2. The third kappa shape index (κ3) is 4.55. The third-order valence-corrected chi connectivity index (χ3v) is 15.4. The summed E-state index contributed by atoms with van der Waals surface area (Å²) in [6.07, 6.45) is 19.3. The fourth-order valence-electron chi connectivity index (χ4n) is 10.6. The van der Waals surface area contributed by atoms with Gasteiger partial charge in [0.1, 0.15) is 29.5 Å². The van der Waals surface area contributed by atoms with Crippen LogP contribution in [0.15, 0.2) is 94.2 Å². The van der Waals surface area contributed by atoms with Gasteiger partial charge in [0.05, 0.1) is 9.40 Å². The first-order valence-electron chi connectivity index (χ1n) is 19.1. The molecule has 2 N–H and O–H groups in total. The Morgan fingerprint density at radius 1 is 0.600 bits per heavy atom. The number of allylic oxidation sites excluding steroid dienone is 10. The van der Waals surface area contributed by atoms with Crippen LogP contribution < -0.4 is 5.73 Å². The molecule has 0 saturated heterocycles. The van der Waals surface area contributed by atoms with Crippen LogP contribution in [-0.4, -0.2) is 11.6 Å². The number of nitriles is 3. The normalized spacial score (nSPS) is 22.3. The van der Waals surface area contributed by atoms with E-state index in [0.29, 0.717) is 39.0 Å². The Balaban J connectivity index is 1.14. The lowest BCUT2D eigenvalue weighted by molar-refractivity contribution is 0.103. The fourth-order valence-corrected chi connectivity index (χ4v) is 13.8. The molecule has 6 aliphatic carbocycles. The number of rotatable bonds is 2. The monoisotopic (exact) mass is 750 g/mol. The zero-order chi connectivity index (χ0) is 37.6. The van der Waals surface area contributed by atoms with Gasteiger partial charge in [-0.2, -0.15) is 15.8 Å². The molecule has 2 spiro atoms. The quantitative estimate of drug-likeness (QED) is 0.160. The minimum absolute atomic E-state index is 0.0378. The summed E-state index contributed by atoms with van der Waals surface area (Å²) in [7, 11) is 0. The van der Waals surface area contributed by atoms with Crippen molar-refractivity contribution < 1.29 is 9.59 Å². The number of fused-ring (bicyclic) bond motifs is 9. The topological polar surface area (TPSA) is 132 Å². The molecule has 266 valence electrons. The van der Waals surface area contributed by atoms with E-state index in [2.05, 4.69) is 36.4 Å². The van der Waals surface area contributed by atoms with E-state index in [9.17, 15) is 25.4 Å². The first kappa shape index (κ1) is 33.7. The third-order valence-electron chi connectivity index (χ3n) is 13.0. The van der Waals surface area contributed by atoms with Crippen LogP contribution in [0.25, 0.3) is 32.7 Å². The molecule has 2 saturated carbocycles. The van der Waals surface area contributed by atoms with E-state index in [-0.39, 0.29) is 33.7 Å². The van der Waals surface area contributed by atoms with Crippen molar-refractivity contribution in [2.45, 2.75) is 75.0 Å². The molecule has 0 unspecified atom stereocenters. The number of hydrogen-bond donors (Lipinski definition) is 1. The minimum atomic E-state index is -0.262. The van der Waals surface area contributed by atoms with E-state index in [0.717, 1.165) is 74.5 Å². The van der Waals surface area contributed by atoms with Crippen LogP contribution in [0.3, 0.4) is 0 Å². The van der Waals surface area contributed by atoms with Gasteiger partial charge in [-0.25, -0.2) is 0 Å². The molecule has 0 atom stereocenters. The standard InChI is InChI=1S/C47H34N4O2S2/c48-23-26(24-49)38-29-11-3-5-13-31(29)42(52)33(38)19-27-21-36-40(46(27)15-7-1-8-16-46)44-45(54-36)41-37(55-44)22-28(47(41)17-9-2-10-18-47)20-34-39(35(51)25-50)30-12-4-6-14-32(30)43(34)53/h3-6,11-14,19-22H,1-2,7-10,15-18,51H2/b33-19-,34-20-,39-35+. The van der Waals surface area contributed by atoms with Crippen molar-refractivity contribution in [1.29, 1.82) is 15.8 Å². The second kappa shape index (κ2) is 12.3. The lowest BCUT2D eigenvalue weighted by Crippen LogP contribution is -2.29. The van der Waals surface area contributed by atoms with Crippen LogP contribution in [-0.2, 0) is 10.8 Å². The van der Waals surface area contributed by atoms with Gasteiger partial charge in [-0.1, -0.05) is 87.1 Å². The number of thiophene rings is 2. The highest BCUT2D eigenvalue weighted by atomic mass is 32.1. The van der Waals surface area contributed by atoms with Gasteiger partial charge >= 0.3 is 0 Å². The Morgan fingerprint density at radius 3 is 1.45 bits per heavy atom. The van der Waals surface area contributed by atoms with Crippen molar-refractivity contribution in [1.82, 2.24) is 0 Å². The molecule has 6 aliphatic rings. The van der Waals surface area contributed by atoms with Crippen molar-refractivity contribution in [2.75, 3.05) is 0 Å². The Labute approximate surface area is 327 Å². The van der Waals surface area contributed by atoms with Gasteiger partial charge in [0.2, 0.25) is 0 Å². The summed E-state index contributed by atoms with van der Waals surface area (Å²) in [5, 5.41) is 29.9. The number of hydrogen-bond acceptors (Lipinski definition) is 8. The predicted octanol–water partition coefficient (Wildman–Crippen LogP) is 10.8. The molecule has 0 radical (unpaired) electrons. The Morgan fingerprint density at radius 2 is 1.02 bits per heavy atom. The molecule has 2 fully saturated rings. The van der Waals surface area contributed by atoms with Gasteiger partial charge < -0.3 is 5.73 Å². The molecule has 0 bridgehead atoms. The van der Waals surface area contributed by atoms with E-state index < -0.39 is 0 Å². The number of nitrogens with two attached hydrogens (primary N) is 1. The summed E-state index contributed by atoms with van der Waals surface area (Å²) in [4.78, 5) is 30.4. The summed E-state index contributed by atoms with van der Waals surface area (Å²) >= 11 is 3.71. The highest BCUT2D eigenvalue weighted by molar-refractivity contribution is 7.29. The molecule has 0 aliphatic heterocycles. The first-order valence-corrected chi connectivity index (χ1v) is 20.7. The summed E-state index contributed by atoms with van der Waals surface area (Å²) < 4.78 is 2.66. The van der Waals surface area contributed by atoms with E-state index in [4.69, 9.17) is 5.73 Å². The minimum Gasteiger partial charge on any atom is -0.390 e. The molecular weight excluding hydrogens is 717 g/mol. The SMILES string of the molecule is N#CC(C#N)=C1/C(=C/C2=Cc3sc4c5c(sc4c3C23CCCCC3)C=C(/C=C2\C(=O)c3ccccc3\C2=C(/N)C#N)C52CCCCC2)C(=O)c2ccccc21. The second-order valence-corrected chi connectivity index (χ2v) is 17.7. The molecule has 2 aromatic heterocycles. The van der Waals surface area contributed by atoms with Gasteiger partial charge in [-0.15, -0.1) is 22.7 Å². The van der Waals surface area contributed by atoms with Crippen LogP contribution in [0.1, 0.15) is 117 Å². The van der Waals surface area contributed by atoms with Crippen molar-refractivity contribution >= 4 is 66.9 Å². The van der Waals surface area contributed by atoms with Crippen LogP contribution in [0.5, 0.6) is 0 Å². The molecule has 55 heavy (non-hydrogen) atoms. The van der Waals surface area contributed by atoms with Gasteiger partial charge in [-0.3, -0.25) is 9.59 Å². The average Bonchev–Trinajstić information content (AvgIpc) is 4.01. The molecule has 6 nitrogen and oxygen atoms in total. The summed E-state index contributed by atoms with van der Waals surface area (Å²) in [5.41, 5.74) is 15.3. The predicted molar refractivity (Wildman–Crippen MR) is 218 cm³/mol. The molecular formula is C47H34N4O2S2. The van der Waals surface area contributed by atoms with Crippen molar-refractivity contribution in [3.05, 3.63) is 137 Å². The van der Waals surface area contributed by atoms with Crippen molar-refractivity contribution in [2.24, 2.45) is 5.73 Å². The van der Waals surface area contributed by atoms with Crippen molar-refractivity contribution in [3.63, 3.8) is 0 Å². The second-order valence-electron chi connectivity index (χ2n) is 15.6. The summed E-state index contributed by atoms with van der Waals surface area (Å²) in [5.74, 6) is -0.226. The molecule has 4 aromatic rings. The number of carbonyl (C=O) groups excluding carboxylic acids is 2. The maximum atomic E-state index is 14.0. The van der Waals surface area contributed by atoms with E-state index in [1.807, 2.05) is 71.2 Å². The van der Waals surface area contributed by atoms with E-state index in [1.165, 1.54) is 36.7 Å². The van der Waals surface area contributed by atoms with Crippen LogP contribution in [0.4, 0.5) is 0 Å². The maximum Gasteiger partial charge on any atom is 0.194 e. The van der Waals surface area contributed by atoms with Gasteiger partial charge in [-0.05, 0) is 83.4 Å². The Kier molecular flexibility index (Phi) is 7.56. The highest BCUT2D eigenvalue weighted by Crippen LogP contribution is 2.64. The molecule has 10 rings (SSSR count). The number of Topliss-reactive ketones (excluding diaryl/α,β-unsaturated/α-hetero) is 2. The molecule has 0 amide bonds.